The normalized spacial score (nSPS) is 23.1. The molecule has 2 atom stereocenters. The zero-order chi connectivity index (χ0) is 13.8. The predicted molar refractivity (Wildman–Crippen MR) is 83.5 cm³/mol. The fourth-order valence-electron chi connectivity index (χ4n) is 2.50. The van der Waals surface area contributed by atoms with Gasteiger partial charge in [0.1, 0.15) is 0 Å². The van der Waals surface area contributed by atoms with Crippen LogP contribution in [0.2, 0.25) is 10.0 Å². The molecule has 0 spiro atoms. The number of amides is 1. The molecule has 1 aromatic rings. The molecule has 0 heterocycles. The van der Waals surface area contributed by atoms with Crippen LogP contribution in [0, 0.1) is 5.92 Å². The van der Waals surface area contributed by atoms with E-state index in [1.165, 1.54) is 12.8 Å². The van der Waals surface area contributed by atoms with Crippen molar-refractivity contribution in [2.75, 3.05) is 5.33 Å². The minimum atomic E-state index is -0.112. The van der Waals surface area contributed by atoms with Crippen molar-refractivity contribution < 1.29 is 4.79 Å². The van der Waals surface area contributed by atoms with Gasteiger partial charge in [0.15, 0.2) is 0 Å². The highest BCUT2D eigenvalue weighted by atomic mass is 79.9. The van der Waals surface area contributed by atoms with Crippen LogP contribution in [0.25, 0.3) is 0 Å². The number of carbonyl (C=O) groups is 1. The Bertz CT molecular complexity index is 467. The zero-order valence-corrected chi connectivity index (χ0v) is 13.6. The van der Waals surface area contributed by atoms with E-state index >= 15 is 0 Å². The largest absolute Gasteiger partial charge is 0.349 e. The third kappa shape index (κ3) is 3.87. The third-order valence-corrected chi connectivity index (χ3v) is 4.98. The molecule has 0 radical (unpaired) electrons. The number of carbonyl (C=O) groups excluding carboxylic acids is 1. The maximum atomic E-state index is 12.3. The molecule has 0 aliphatic heterocycles. The first-order valence-corrected chi connectivity index (χ1v) is 8.31. The Morgan fingerprint density at radius 1 is 1.32 bits per heavy atom. The molecule has 1 aliphatic rings. The summed E-state index contributed by atoms with van der Waals surface area (Å²) >= 11 is 15.4. The molecule has 0 saturated heterocycles. The first-order valence-electron chi connectivity index (χ1n) is 6.43. The van der Waals surface area contributed by atoms with Gasteiger partial charge in [0, 0.05) is 16.4 Å². The summed E-state index contributed by atoms with van der Waals surface area (Å²) in [5.41, 5.74) is 0.491. The molecule has 1 saturated carbocycles. The molecule has 0 aromatic heterocycles. The van der Waals surface area contributed by atoms with Crippen molar-refractivity contribution in [3.05, 3.63) is 33.8 Å². The highest BCUT2D eigenvalue weighted by Crippen LogP contribution is 2.27. The number of halogens is 3. The SMILES string of the molecule is O=C(NC1CCCCC1CBr)c1ccc(Cl)cc1Cl. The molecule has 1 amide bonds. The summed E-state index contributed by atoms with van der Waals surface area (Å²) in [6, 6.07) is 5.19. The molecular weight excluding hydrogens is 349 g/mol. The van der Waals surface area contributed by atoms with E-state index in [-0.39, 0.29) is 11.9 Å². The van der Waals surface area contributed by atoms with E-state index in [0.29, 0.717) is 21.5 Å². The van der Waals surface area contributed by atoms with Gasteiger partial charge in [-0.3, -0.25) is 4.79 Å². The van der Waals surface area contributed by atoms with Crippen LogP contribution < -0.4 is 5.32 Å². The maximum absolute atomic E-state index is 12.3. The molecule has 2 rings (SSSR count). The summed E-state index contributed by atoms with van der Waals surface area (Å²) in [7, 11) is 0. The molecular formula is C14H16BrCl2NO. The van der Waals surface area contributed by atoms with Crippen LogP contribution in [0.1, 0.15) is 36.0 Å². The second-order valence-corrected chi connectivity index (χ2v) is 6.39. The minimum absolute atomic E-state index is 0.112. The standard InChI is InChI=1S/C14H16BrCl2NO/c15-8-9-3-1-2-4-13(9)18-14(19)11-6-5-10(16)7-12(11)17/h5-7,9,13H,1-4,8H2,(H,18,19). The molecule has 2 unspecified atom stereocenters. The highest BCUT2D eigenvalue weighted by Gasteiger charge is 2.26. The van der Waals surface area contributed by atoms with Gasteiger partial charge in [-0.1, -0.05) is 52.0 Å². The van der Waals surface area contributed by atoms with Crippen molar-refractivity contribution >= 4 is 45.0 Å². The highest BCUT2D eigenvalue weighted by molar-refractivity contribution is 9.09. The van der Waals surface area contributed by atoms with E-state index < -0.39 is 0 Å². The average molecular weight is 365 g/mol. The van der Waals surface area contributed by atoms with Crippen LogP contribution in [-0.2, 0) is 0 Å². The van der Waals surface area contributed by atoms with Gasteiger partial charge in [0.2, 0.25) is 0 Å². The van der Waals surface area contributed by atoms with Crippen molar-refractivity contribution in [1.29, 1.82) is 0 Å². The van der Waals surface area contributed by atoms with Gasteiger partial charge in [-0.15, -0.1) is 0 Å². The van der Waals surface area contributed by atoms with Crippen molar-refractivity contribution in [3.8, 4) is 0 Å². The van der Waals surface area contributed by atoms with Crippen molar-refractivity contribution in [2.24, 2.45) is 5.92 Å². The van der Waals surface area contributed by atoms with E-state index in [1.807, 2.05) is 0 Å². The second-order valence-electron chi connectivity index (χ2n) is 4.90. The molecule has 1 fully saturated rings. The van der Waals surface area contributed by atoms with E-state index in [2.05, 4.69) is 21.2 Å². The molecule has 1 N–H and O–H groups in total. The summed E-state index contributed by atoms with van der Waals surface area (Å²) in [6.45, 7) is 0. The maximum Gasteiger partial charge on any atom is 0.253 e. The van der Waals surface area contributed by atoms with Gasteiger partial charge >= 0.3 is 0 Å². The molecule has 1 aliphatic carbocycles. The van der Waals surface area contributed by atoms with Crippen LogP contribution in [0.15, 0.2) is 18.2 Å². The van der Waals surface area contributed by atoms with E-state index in [0.717, 1.165) is 18.2 Å². The summed E-state index contributed by atoms with van der Waals surface area (Å²) < 4.78 is 0. The Morgan fingerprint density at radius 2 is 2.05 bits per heavy atom. The number of hydrogen-bond acceptors (Lipinski definition) is 1. The lowest BCUT2D eigenvalue weighted by molar-refractivity contribution is 0.0912. The van der Waals surface area contributed by atoms with Crippen molar-refractivity contribution in [2.45, 2.75) is 31.7 Å². The number of rotatable bonds is 3. The number of nitrogens with one attached hydrogen (secondary N) is 1. The lowest BCUT2D eigenvalue weighted by atomic mass is 9.86. The predicted octanol–water partition coefficient (Wildman–Crippen LogP) is 4.68. The smallest absolute Gasteiger partial charge is 0.253 e. The van der Waals surface area contributed by atoms with E-state index in [4.69, 9.17) is 23.2 Å². The summed E-state index contributed by atoms with van der Waals surface area (Å²) in [5, 5.41) is 4.96. The molecule has 1 aromatic carbocycles. The Hall–Kier alpha value is -0.250. The van der Waals surface area contributed by atoms with Crippen LogP contribution in [0.3, 0.4) is 0 Å². The van der Waals surface area contributed by atoms with Crippen LogP contribution in [-0.4, -0.2) is 17.3 Å². The fraction of sp³-hybridized carbons (Fsp3) is 0.500. The van der Waals surface area contributed by atoms with Gasteiger partial charge in [0.25, 0.3) is 5.91 Å². The lowest BCUT2D eigenvalue weighted by Gasteiger charge is -2.31. The molecule has 0 bridgehead atoms. The summed E-state index contributed by atoms with van der Waals surface area (Å²) in [6.07, 6.45) is 4.60. The lowest BCUT2D eigenvalue weighted by Crippen LogP contribution is -2.42. The second kappa shape index (κ2) is 6.96. The van der Waals surface area contributed by atoms with Gasteiger partial charge in [-0.2, -0.15) is 0 Å². The van der Waals surface area contributed by atoms with Gasteiger partial charge in [0.05, 0.1) is 10.6 Å². The van der Waals surface area contributed by atoms with Crippen molar-refractivity contribution in [3.63, 3.8) is 0 Å². The first-order chi connectivity index (χ1) is 9.11. The van der Waals surface area contributed by atoms with Gasteiger partial charge in [-0.05, 0) is 37.0 Å². The van der Waals surface area contributed by atoms with Crippen LogP contribution >= 0.6 is 39.1 Å². The first kappa shape index (κ1) is 15.1. The quantitative estimate of drug-likeness (QED) is 0.775. The average Bonchev–Trinajstić information content (AvgIpc) is 2.39. The van der Waals surface area contributed by atoms with Crippen LogP contribution in [0.4, 0.5) is 0 Å². The van der Waals surface area contributed by atoms with Crippen LogP contribution in [0.5, 0.6) is 0 Å². The summed E-state index contributed by atoms with van der Waals surface area (Å²) in [4.78, 5) is 12.3. The molecule has 5 heteroatoms. The monoisotopic (exact) mass is 363 g/mol. The Labute approximate surface area is 132 Å². The Balaban J connectivity index is 2.07. The Kier molecular flexibility index (Phi) is 5.55. The number of hydrogen-bond donors (Lipinski definition) is 1. The van der Waals surface area contributed by atoms with E-state index in [1.54, 1.807) is 18.2 Å². The zero-order valence-electron chi connectivity index (χ0n) is 10.5. The molecule has 104 valence electrons. The fourth-order valence-corrected chi connectivity index (χ4v) is 3.77. The van der Waals surface area contributed by atoms with Gasteiger partial charge in [-0.25, -0.2) is 0 Å². The third-order valence-electron chi connectivity index (χ3n) is 3.60. The number of alkyl halides is 1. The number of benzene rings is 1. The molecule has 2 nitrogen and oxygen atoms in total. The Morgan fingerprint density at radius 3 is 2.74 bits per heavy atom. The van der Waals surface area contributed by atoms with Crippen molar-refractivity contribution in [1.82, 2.24) is 5.32 Å². The topological polar surface area (TPSA) is 29.1 Å². The molecule has 19 heavy (non-hydrogen) atoms. The minimum Gasteiger partial charge on any atom is -0.349 e. The van der Waals surface area contributed by atoms with E-state index in [9.17, 15) is 4.79 Å². The van der Waals surface area contributed by atoms with Gasteiger partial charge < -0.3 is 5.32 Å². The summed E-state index contributed by atoms with van der Waals surface area (Å²) in [5.74, 6) is 0.392.